The van der Waals surface area contributed by atoms with Crippen LogP contribution in [-0.2, 0) is 20.1 Å². The average Bonchev–Trinajstić information content (AvgIpc) is 3.75. The van der Waals surface area contributed by atoms with Crippen LogP contribution in [0, 0.1) is 12.1 Å². The minimum absolute atomic E-state index is 0. The summed E-state index contributed by atoms with van der Waals surface area (Å²) in [4.78, 5) is 9.81. The molecule has 0 spiro atoms. The van der Waals surface area contributed by atoms with Gasteiger partial charge in [0, 0.05) is 35.9 Å². The van der Waals surface area contributed by atoms with Crippen LogP contribution in [0.3, 0.4) is 0 Å². The van der Waals surface area contributed by atoms with E-state index in [1.807, 2.05) is 47.9 Å². The Kier molecular flexibility index (Phi) is 9.61. The molecule has 1 radical (unpaired) electrons. The van der Waals surface area contributed by atoms with Crippen LogP contribution >= 0.6 is 11.3 Å². The second kappa shape index (κ2) is 14.5. The summed E-state index contributed by atoms with van der Waals surface area (Å²) in [7, 11) is 0. The molecule has 0 unspecified atom stereocenters. The van der Waals surface area contributed by atoms with E-state index < -0.39 is 13.3 Å². The van der Waals surface area contributed by atoms with E-state index in [9.17, 15) is 0 Å². The molecule has 7 aromatic carbocycles. The van der Waals surface area contributed by atoms with Gasteiger partial charge in [0.1, 0.15) is 0 Å². The van der Waals surface area contributed by atoms with Gasteiger partial charge in [-0.1, -0.05) is 89.8 Å². The zero-order valence-electron chi connectivity index (χ0n) is 29.6. The summed E-state index contributed by atoms with van der Waals surface area (Å²) < 4.78 is 6.28. The number of imidazole rings is 1. The molecule has 0 aliphatic rings. The molecule has 10 rings (SSSR count). The molecule has 6 heteroatoms. The van der Waals surface area contributed by atoms with Gasteiger partial charge in [-0.2, -0.15) is 11.3 Å². The van der Waals surface area contributed by atoms with Crippen LogP contribution in [0.2, 0.25) is 17.3 Å². The van der Waals surface area contributed by atoms with Crippen molar-refractivity contribution in [2.45, 2.75) is 17.3 Å². The molecule has 0 saturated carbocycles. The summed E-state index contributed by atoms with van der Waals surface area (Å²) in [6.07, 6.45) is 2.04. The molecule has 0 N–H and O–H groups in total. The average molecular weight is 939 g/mol. The number of thiophene rings is 1. The molecule has 0 aliphatic heterocycles. The molecule has 3 heterocycles. The molecule has 3 nitrogen and oxygen atoms in total. The van der Waals surface area contributed by atoms with Crippen LogP contribution in [-0.4, -0.2) is 27.8 Å². The molecular formula is C47H35GeIrN3S-2. The predicted octanol–water partition coefficient (Wildman–Crippen LogP) is 12.3. The van der Waals surface area contributed by atoms with Gasteiger partial charge in [0.15, 0.2) is 0 Å². The van der Waals surface area contributed by atoms with Crippen LogP contribution in [0.25, 0.3) is 81.1 Å². The predicted molar refractivity (Wildman–Crippen MR) is 225 cm³/mol. The van der Waals surface area contributed by atoms with Crippen molar-refractivity contribution in [2.24, 2.45) is 0 Å². The van der Waals surface area contributed by atoms with Crippen molar-refractivity contribution in [3.05, 3.63) is 170 Å². The van der Waals surface area contributed by atoms with Gasteiger partial charge in [-0.3, -0.25) is 4.98 Å². The number of rotatable bonds is 4. The smallest absolute Gasteiger partial charge is 0.0780 e. The van der Waals surface area contributed by atoms with Crippen LogP contribution in [0.5, 0.6) is 0 Å². The van der Waals surface area contributed by atoms with E-state index in [2.05, 4.69) is 160 Å². The first-order chi connectivity index (χ1) is 25.4. The van der Waals surface area contributed by atoms with Gasteiger partial charge in [0.2, 0.25) is 0 Å². The van der Waals surface area contributed by atoms with E-state index in [0.29, 0.717) is 0 Å². The maximum atomic E-state index is 5.27. The minimum atomic E-state index is -1.72. The standard InChI is InChI=1S/C33H19N2S.C14H16GeN.Ir/c1-2-11-23-20-30-28(19-22(23)10-1)34-33(35(30)29-17-7-12-21-9-3-4-13-24(21)29)27-16-8-15-26-25-14-5-6-18-31(25)36-32(26)27;1-15(2,3)13-9-10-14(16-11-13)12-7-5-4-6-8-12;/h1-15,17-20H;4-7,9-11H,1-3H3;/q2*-1;. The first kappa shape index (κ1) is 35.1. The zero-order chi connectivity index (χ0) is 35.2. The van der Waals surface area contributed by atoms with Gasteiger partial charge in [-0.05, 0) is 50.5 Å². The maximum absolute atomic E-state index is 5.27. The van der Waals surface area contributed by atoms with E-state index in [4.69, 9.17) is 4.98 Å². The number of fused-ring (bicyclic) bond motifs is 6. The fraction of sp³-hybridized carbons (Fsp3) is 0.0638. The second-order valence-electron chi connectivity index (χ2n) is 14.1. The molecular weight excluding hydrogens is 903 g/mol. The second-order valence-corrected chi connectivity index (χ2v) is 25.8. The molecule has 259 valence electrons. The largest absolute Gasteiger partial charge is 0.333 e. The quantitative estimate of drug-likeness (QED) is 0.130. The van der Waals surface area contributed by atoms with E-state index in [-0.39, 0.29) is 20.1 Å². The van der Waals surface area contributed by atoms with Crippen LogP contribution in [0.1, 0.15) is 0 Å². The number of pyridine rings is 1. The Morgan fingerprint density at radius 1 is 0.623 bits per heavy atom. The van der Waals surface area contributed by atoms with E-state index in [1.165, 1.54) is 46.1 Å². The summed E-state index contributed by atoms with van der Waals surface area (Å²) in [5.74, 6) is 8.07. The van der Waals surface area contributed by atoms with Gasteiger partial charge in [-0.15, -0.1) is 18.2 Å². The minimum Gasteiger partial charge on any atom is -0.333 e. The number of hydrogen-bond donors (Lipinski definition) is 0. The molecule has 53 heavy (non-hydrogen) atoms. The topological polar surface area (TPSA) is 30.7 Å². The van der Waals surface area contributed by atoms with Crippen molar-refractivity contribution < 1.29 is 20.1 Å². The summed E-state index contributed by atoms with van der Waals surface area (Å²) in [5.41, 5.74) is 6.34. The van der Waals surface area contributed by atoms with E-state index in [0.717, 1.165) is 39.4 Å². The SMILES string of the molecule is [CH3][Ge]([CH3])([CH3])[c]1ccc(-c2[c-]cccc2)nc1.[Ir].[c-]1ccc2c(sc3ccccc32)c1-c1nc2cc3ccccc3cc2n1-c1cccc2ccccc12. The summed E-state index contributed by atoms with van der Waals surface area (Å²) in [6, 6.07) is 60.0. The monoisotopic (exact) mass is 940 g/mol. The Hall–Kier alpha value is -4.91. The molecule has 0 aliphatic carbocycles. The third kappa shape index (κ3) is 6.64. The molecule has 3 aromatic heterocycles. The summed E-state index contributed by atoms with van der Waals surface area (Å²) >= 11 is 0.103. The molecule has 0 amide bonds. The fourth-order valence-corrected chi connectivity index (χ4v) is 10.4. The van der Waals surface area contributed by atoms with Gasteiger partial charge >= 0.3 is 99.8 Å². The zero-order valence-corrected chi connectivity index (χ0v) is 34.9. The van der Waals surface area contributed by atoms with Crippen molar-refractivity contribution >= 4 is 81.7 Å². The molecule has 0 saturated heterocycles. The summed E-state index contributed by atoms with van der Waals surface area (Å²) in [6.45, 7) is 0. The van der Waals surface area contributed by atoms with Crippen LogP contribution in [0.15, 0.2) is 158 Å². The first-order valence-electron chi connectivity index (χ1n) is 17.6. The third-order valence-electron chi connectivity index (χ3n) is 9.71. The van der Waals surface area contributed by atoms with Gasteiger partial charge in [-0.25, -0.2) is 0 Å². The Bertz CT molecular complexity index is 2880. The molecule has 0 fully saturated rings. The van der Waals surface area contributed by atoms with E-state index >= 15 is 0 Å². The van der Waals surface area contributed by atoms with Crippen LogP contribution < -0.4 is 4.40 Å². The Balaban J connectivity index is 0.000000199. The summed E-state index contributed by atoms with van der Waals surface area (Å²) in [5, 5.41) is 7.37. The molecule has 0 atom stereocenters. The number of aromatic nitrogens is 3. The Labute approximate surface area is 329 Å². The van der Waals surface area contributed by atoms with Crippen molar-refractivity contribution in [3.8, 4) is 28.3 Å². The van der Waals surface area contributed by atoms with Crippen LogP contribution in [0.4, 0.5) is 0 Å². The van der Waals surface area contributed by atoms with Gasteiger partial charge in [0.25, 0.3) is 0 Å². The van der Waals surface area contributed by atoms with Gasteiger partial charge in [0.05, 0.1) is 16.9 Å². The molecule has 10 aromatic rings. The van der Waals surface area contributed by atoms with Crippen molar-refractivity contribution in [2.75, 3.05) is 0 Å². The fourth-order valence-electron chi connectivity index (χ4n) is 6.98. The number of nitrogens with zero attached hydrogens (tertiary/aromatic N) is 3. The van der Waals surface area contributed by atoms with Gasteiger partial charge < -0.3 is 4.57 Å². The Morgan fingerprint density at radius 3 is 2.09 bits per heavy atom. The normalized spacial score (nSPS) is 11.5. The van der Waals surface area contributed by atoms with Crippen molar-refractivity contribution in [3.63, 3.8) is 0 Å². The first-order valence-corrected chi connectivity index (χ1v) is 25.7. The number of hydrogen-bond acceptors (Lipinski definition) is 3. The third-order valence-corrected chi connectivity index (χ3v) is 15.2. The molecule has 0 bridgehead atoms. The van der Waals surface area contributed by atoms with Crippen molar-refractivity contribution in [1.82, 2.24) is 14.5 Å². The van der Waals surface area contributed by atoms with E-state index in [1.54, 1.807) is 0 Å². The van der Waals surface area contributed by atoms with Crippen molar-refractivity contribution in [1.29, 1.82) is 0 Å². The Morgan fingerprint density at radius 2 is 1.34 bits per heavy atom. The number of benzene rings is 7. The maximum Gasteiger partial charge on any atom is 0.0780 e.